The van der Waals surface area contributed by atoms with Gasteiger partial charge in [0.2, 0.25) is 11.8 Å². The minimum atomic E-state index is -0.310. The van der Waals surface area contributed by atoms with Gasteiger partial charge in [0.25, 0.3) is 0 Å². The molecule has 6 heteroatoms. The van der Waals surface area contributed by atoms with E-state index in [0.717, 1.165) is 5.56 Å². The molecule has 2 atom stereocenters. The second-order valence-electron chi connectivity index (χ2n) is 7.79. The molecule has 5 nitrogen and oxygen atoms in total. The van der Waals surface area contributed by atoms with Gasteiger partial charge in [-0.3, -0.25) is 9.59 Å². The summed E-state index contributed by atoms with van der Waals surface area (Å²) in [6.07, 6.45) is 0.959. The molecule has 2 saturated heterocycles. The van der Waals surface area contributed by atoms with E-state index < -0.39 is 0 Å². The van der Waals surface area contributed by atoms with Gasteiger partial charge in [-0.25, -0.2) is 0 Å². The number of hydrogen-bond donors (Lipinski definition) is 0. The van der Waals surface area contributed by atoms with Crippen molar-refractivity contribution in [3.63, 3.8) is 0 Å². The number of hydrogen-bond acceptors (Lipinski definition) is 3. The van der Waals surface area contributed by atoms with E-state index in [4.69, 9.17) is 16.3 Å². The lowest BCUT2D eigenvalue weighted by Gasteiger charge is -2.44. The van der Waals surface area contributed by atoms with E-state index >= 15 is 0 Å². The van der Waals surface area contributed by atoms with Crippen molar-refractivity contribution in [3.8, 4) is 0 Å². The van der Waals surface area contributed by atoms with Crippen LogP contribution in [-0.2, 0) is 14.3 Å². The van der Waals surface area contributed by atoms with Crippen molar-refractivity contribution < 1.29 is 14.3 Å². The number of piperidine rings is 1. The van der Waals surface area contributed by atoms with Crippen LogP contribution in [0.2, 0.25) is 5.02 Å². The van der Waals surface area contributed by atoms with E-state index in [0.29, 0.717) is 44.2 Å². The highest BCUT2D eigenvalue weighted by Gasteiger charge is 2.43. The molecule has 1 aromatic rings. The van der Waals surface area contributed by atoms with Crippen molar-refractivity contribution in [1.29, 1.82) is 0 Å². The van der Waals surface area contributed by atoms with Gasteiger partial charge in [0.1, 0.15) is 0 Å². The molecule has 1 aromatic carbocycles. The summed E-state index contributed by atoms with van der Waals surface area (Å²) in [7, 11) is 1.85. The summed E-state index contributed by atoms with van der Waals surface area (Å²) in [6.45, 7) is 6.68. The molecule has 0 bridgehead atoms. The highest BCUT2D eigenvalue weighted by atomic mass is 35.5. The van der Waals surface area contributed by atoms with Gasteiger partial charge in [-0.15, -0.1) is 0 Å². The molecule has 2 aliphatic heterocycles. The monoisotopic (exact) mass is 378 g/mol. The fourth-order valence-electron chi connectivity index (χ4n) is 4.16. The van der Waals surface area contributed by atoms with Crippen LogP contribution in [0.25, 0.3) is 0 Å². The normalized spacial score (nSPS) is 24.9. The molecule has 0 spiro atoms. The largest absolute Gasteiger partial charge is 0.380 e. The average Bonchev–Trinajstić information content (AvgIpc) is 2.60. The second kappa shape index (κ2) is 7.57. The molecule has 0 saturated carbocycles. The van der Waals surface area contributed by atoms with Crippen LogP contribution in [0.4, 0.5) is 0 Å². The Kier molecular flexibility index (Phi) is 5.58. The molecule has 2 amide bonds. The van der Waals surface area contributed by atoms with Crippen LogP contribution in [0.15, 0.2) is 24.3 Å². The van der Waals surface area contributed by atoms with Crippen molar-refractivity contribution in [3.05, 3.63) is 34.9 Å². The number of benzene rings is 1. The fraction of sp³-hybridized carbons (Fsp3) is 0.600. The lowest BCUT2D eigenvalue weighted by atomic mass is 9.82. The number of nitrogens with zero attached hydrogens (tertiary/aromatic N) is 2. The van der Waals surface area contributed by atoms with Crippen molar-refractivity contribution in [2.45, 2.75) is 32.7 Å². The van der Waals surface area contributed by atoms with Gasteiger partial charge < -0.3 is 14.5 Å². The maximum absolute atomic E-state index is 13.3. The average molecular weight is 379 g/mol. The van der Waals surface area contributed by atoms with Gasteiger partial charge in [-0.05, 0) is 25.0 Å². The first kappa shape index (κ1) is 19.2. The van der Waals surface area contributed by atoms with Crippen LogP contribution >= 0.6 is 11.6 Å². The lowest BCUT2D eigenvalue weighted by Crippen LogP contribution is -2.53. The number of ether oxygens (including phenoxy) is 1. The molecule has 0 aromatic heterocycles. The predicted molar refractivity (Wildman–Crippen MR) is 101 cm³/mol. The summed E-state index contributed by atoms with van der Waals surface area (Å²) >= 11 is 6.44. The van der Waals surface area contributed by atoms with Crippen molar-refractivity contribution in [2.24, 2.45) is 11.3 Å². The van der Waals surface area contributed by atoms with Gasteiger partial charge in [0, 0.05) is 37.0 Å². The lowest BCUT2D eigenvalue weighted by molar-refractivity contribution is -0.153. The van der Waals surface area contributed by atoms with Gasteiger partial charge >= 0.3 is 0 Å². The minimum Gasteiger partial charge on any atom is -0.380 e. The zero-order chi connectivity index (χ0) is 18.9. The van der Waals surface area contributed by atoms with Gasteiger partial charge in [-0.1, -0.05) is 36.7 Å². The standard InChI is InChI=1S/C20H27ClN2O3/c1-4-23-17(24)10-9-15(18(23)14-7-5-6-8-16(14)21)19(25)22(3)11-20(2)12-26-13-20/h5-8,15,18H,4,9-13H2,1-3H3/t15-,18+/m1/s1. The smallest absolute Gasteiger partial charge is 0.227 e. The molecule has 3 rings (SSSR count). The summed E-state index contributed by atoms with van der Waals surface area (Å²) in [5.74, 6) is -0.111. The third-order valence-electron chi connectivity index (χ3n) is 5.48. The summed E-state index contributed by atoms with van der Waals surface area (Å²) in [5, 5.41) is 0.602. The highest BCUT2D eigenvalue weighted by molar-refractivity contribution is 6.31. The number of amides is 2. The number of rotatable bonds is 5. The van der Waals surface area contributed by atoms with Gasteiger partial charge in [0.15, 0.2) is 0 Å². The van der Waals surface area contributed by atoms with Crippen LogP contribution in [0.1, 0.15) is 38.3 Å². The van der Waals surface area contributed by atoms with Crippen molar-refractivity contribution in [1.82, 2.24) is 9.80 Å². The van der Waals surface area contributed by atoms with Gasteiger partial charge in [-0.2, -0.15) is 0 Å². The molecular formula is C20H27ClN2O3. The van der Waals surface area contributed by atoms with Crippen LogP contribution in [0.5, 0.6) is 0 Å². The van der Waals surface area contributed by atoms with Crippen LogP contribution in [-0.4, -0.2) is 55.0 Å². The zero-order valence-corrected chi connectivity index (χ0v) is 16.5. The number of likely N-dealkylation sites (tertiary alicyclic amines) is 1. The Bertz CT molecular complexity index is 689. The predicted octanol–water partition coefficient (Wildman–Crippen LogP) is 3.13. The van der Waals surface area contributed by atoms with Crippen molar-refractivity contribution in [2.75, 3.05) is 33.4 Å². The molecule has 142 valence electrons. The molecule has 0 unspecified atom stereocenters. The number of carbonyl (C=O) groups excluding carboxylic acids is 2. The molecule has 2 aliphatic rings. The molecular weight excluding hydrogens is 352 g/mol. The first-order valence-corrected chi connectivity index (χ1v) is 9.61. The van der Waals surface area contributed by atoms with Crippen LogP contribution < -0.4 is 0 Å². The molecule has 26 heavy (non-hydrogen) atoms. The minimum absolute atomic E-state index is 0.0270. The van der Waals surface area contributed by atoms with E-state index in [1.54, 1.807) is 9.80 Å². The number of halogens is 1. The van der Waals surface area contributed by atoms with E-state index in [-0.39, 0.29) is 29.2 Å². The quantitative estimate of drug-likeness (QED) is 0.790. The summed E-state index contributed by atoms with van der Waals surface area (Å²) in [5.41, 5.74) is 0.883. The van der Waals surface area contributed by atoms with Crippen molar-refractivity contribution >= 4 is 23.4 Å². The Hall–Kier alpha value is -1.59. The first-order valence-electron chi connectivity index (χ1n) is 9.23. The Balaban J connectivity index is 1.88. The summed E-state index contributed by atoms with van der Waals surface area (Å²) < 4.78 is 5.31. The van der Waals surface area contributed by atoms with Gasteiger partial charge in [0.05, 0.1) is 25.2 Å². The topological polar surface area (TPSA) is 49.9 Å². The Morgan fingerprint density at radius 1 is 1.38 bits per heavy atom. The van der Waals surface area contributed by atoms with E-state index in [1.807, 2.05) is 38.2 Å². The molecule has 2 fully saturated rings. The molecule has 2 heterocycles. The van der Waals surface area contributed by atoms with Crippen LogP contribution in [0, 0.1) is 11.3 Å². The van der Waals surface area contributed by atoms with E-state index in [9.17, 15) is 9.59 Å². The summed E-state index contributed by atoms with van der Waals surface area (Å²) in [6, 6.07) is 7.21. The van der Waals surface area contributed by atoms with E-state index in [1.165, 1.54) is 0 Å². The Morgan fingerprint density at radius 3 is 2.65 bits per heavy atom. The maximum atomic E-state index is 13.3. The maximum Gasteiger partial charge on any atom is 0.227 e. The zero-order valence-electron chi connectivity index (χ0n) is 15.7. The highest BCUT2D eigenvalue weighted by Crippen LogP contribution is 2.40. The Morgan fingerprint density at radius 2 is 2.08 bits per heavy atom. The molecule has 0 N–H and O–H groups in total. The fourth-order valence-corrected chi connectivity index (χ4v) is 4.41. The number of carbonyl (C=O) groups is 2. The summed E-state index contributed by atoms with van der Waals surface area (Å²) in [4.78, 5) is 29.4. The molecule has 0 radical (unpaired) electrons. The van der Waals surface area contributed by atoms with E-state index in [2.05, 4.69) is 6.92 Å². The Labute approximate surface area is 160 Å². The SMILES string of the molecule is CCN1C(=O)CC[C@@H](C(=O)N(C)CC2(C)COC2)[C@@H]1c1ccccc1Cl. The van der Waals surface area contributed by atoms with Crippen LogP contribution in [0.3, 0.4) is 0 Å². The second-order valence-corrected chi connectivity index (χ2v) is 8.20. The third-order valence-corrected chi connectivity index (χ3v) is 5.83. The third kappa shape index (κ3) is 3.60. The first-order chi connectivity index (χ1) is 12.4. The molecule has 0 aliphatic carbocycles.